The molecule has 0 radical (unpaired) electrons. The van der Waals surface area contributed by atoms with Crippen molar-refractivity contribution < 1.29 is 0 Å². The van der Waals surface area contributed by atoms with Crippen LogP contribution in [-0.2, 0) is 7.05 Å². The highest BCUT2D eigenvalue weighted by molar-refractivity contribution is 7.99. The molecule has 0 aliphatic carbocycles. The first-order chi connectivity index (χ1) is 7.60. The molecule has 5 nitrogen and oxygen atoms in total. The quantitative estimate of drug-likeness (QED) is 0.605. The lowest BCUT2D eigenvalue weighted by atomic mass is 10.3. The molecule has 0 saturated heterocycles. The van der Waals surface area contributed by atoms with E-state index in [9.17, 15) is 0 Å². The van der Waals surface area contributed by atoms with Crippen molar-refractivity contribution in [1.29, 1.82) is 0 Å². The van der Waals surface area contributed by atoms with Crippen LogP contribution in [0.25, 0.3) is 16.0 Å². The van der Waals surface area contributed by atoms with Crippen molar-refractivity contribution in [3.8, 4) is 0 Å². The van der Waals surface area contributed by atoms with Crippen LogP contribution in [0.5, 0.6) is 0 Å². The van der Waals surface area contributed by atoms with Crippen LogP contribution in [0, 0.1) is 13.5 Å². The van der Waals surface area contributed by atoms with E-state index in [1.165, 1.54) is 11.8 Å². The second-order valence-corrected chi connectivity index (χ2v) is 4.20. The number of fused-ring (bicyclic) bond motifs is 1. The molecular weight excluding hydrogens is 222 g/mol. The van der Waals surface area contributed by atoms with Crippen molar-refractivity contribution in [2.24, 2.45) is 7.05 Å². The van der Waals surface area contributed by atoms with Gasteiger partial charge in [-0.15, -0.1) is 11.8 Å². The van der Waals surface area contributed by atoms with E-state index in [1.807, 2.05) is 24.8 Å². The lowest BCUT2D eigenvalue weighted by Crippen LogP contribution is -1.97. The highest BCUT2D eigenvalue weighted by Crippen LogP contribution is 2.37. The van der Waals surface area contributed by atoms with E-state index in [1.54, 1.807) is 0 Å². The lowest BCUT2D eigenvalue weighted by molar-refractivity contribution is 0.875. The van der Waals surface area contributed by atoms with E-state index in [-0.39, 0.29) is 5.82 Å². The van der Waals surface area contributed by atoms with Gasteiger partial charge < -0.3 is 10.3 Å². The van der Waals surface area contributed by atoms with Gasteiger partial charge in [0.1, 0.15) is 17.2 Å². The van der Waals surface area contributed by atoms with Crippen molar-refractivity contribution >= 4 is 34.4 Å². The summed E-state index contributed by atoms with van der Waals surface area (Å²) in [7, 11) is 1.89. The van der Waals surface area contributed by atoms with E-state index in [4.69, 9.17) is 12.3 Å². The van der Waals surface area contributed by atoms with Crippen LogP contribution >= 0.6 is 11.8 Å². The number of nitrogen functional groups attached to an aromatic ring is 1. The average Bonchev–Trinajstić information content (AvgIpc) is 2.54. The number of thioether (sulfide) groups is 1. The second kappa shape index (κ2) is 3.68. The zero-order chi connectivity index (χ0) is 11.9. The third-order valence-corrected chi connectivity index (χ3v) is 3.30. The Bertz CT molecular complexity index is 608. The molecule has 0 amide bonds. The maximum atomic E-state index is 7.12. The zero-order valence-corrected chi connectivity index (χ0v) is 10.1. The van der Waals surface area contributed by atoms with E-state index in [2.05, 4.69) is 14.8 Å². The maximum Gasteiger partial charge on any atom is 0.243 e. The molecule has 2 heterocycles. The molecule has 16 heavy (non-hydrogen) atoms. The van der Waals surface area contributed by atoms with E-state index in [0.29, 0.717) is 5.69 Å². The monoisotopic (exact) mass is 233 g/mol. The van der Waals surface area contributed by atoms with E-state index < -0.39 is 0 Å². The van der Waals surface area contributed by atoms with Crippen LogP contribution in [0.3, 0.4) is 0 Å². The van der Waals surface area contributed by atoms with Crippen molar-refractivity contribution in [3.63, 3.8) is 0 Å². The van der Waals surface area contributed by atoms with Crippen LogP contribution in [0.4, 0.5) is 11.5 Å². The molecule has 0 bridgehead atoms. The number of aryl methyl sites for hydroxylation is 2. The first-order valence-corrected chi connectivity index (χ1v) is 5.86. The predicted molar refractivity (Wildman–Crippen MR) is 65.7 cm³/mol. The third kappa shape index (κ3) is 1.32. The molecule has 6 heteroatoms. The highest BCUT2D eigenvalue weighted by atomic mass is 32.2. The number of aromatic nitrogens is 3. The second-order valence-electron chi connectivity index (χ2n) is 3.38. The number of anilines is 1. The van der Waals surface area contributed by atoms with E-state index >= 15 is 0 Å². The molecule has 2 aromatic heterocycles. The Hall–Kier alpha value is -1.74. The molecule has 0 unspecified atom stereocenters. The summed E-state index contributed by atoms with van der Waals surface area (Å²) >= 11 is 1.48. The van der Waals surface area contributed by atoms with Crippen molar-refractivity contribution in [2.75, 3.05) is 12.0 Å². The Labute approximate surface area is 97.5 Å². The van der Waals surface area contributed by atoms with Gasteiger partial charge in [-0.1, -0.05) is 0 Å². The van der Waals surface area contributed by atoms with Crippen LogP contribution in [0.1, 0.15) is 5.82 Å². The van der Waals surface area contributed by atoms with Gasteiger partial charge in [-0.2, -0.15) is 0 Å². The average molecular weight is 233 g/mol. The minimum absolute atomic E-state index is 0.273. The summed E-state index contributed by atoms with van der Waals surface area (Å²) in [5, 5.41) is 0. The van der Waals surface area contributed by atoms with Crippen LogP contribution in [-0.4, -0.2) is 20.8 Å². The molecular formula is C10H11N5S. The topological polar surface area (TPSA) is 61.1 Å². The predicted octanol–water partition coefficient (Wildman–Crippen LogP) is 2.13. The zero-order valence-electron chi connectivity index (χ0n) is 9.27. The number of rotatable bonds is 1. The molecule has 0 fully saturated rings. The number of imidazole rings is 1. The molecule has 0 spiro atoms. The van der Waals surface area contributed by atoms with Gasteiger partial charge in [0.15, 0.2) is 5.65 Å². The summed E-state index contributed by atoms with van der Waals surface area (Å²) in [5.41, 5.74) is 7.66. The van der Waals surface area contributed by atoms with Crippen LogP contribution < -0.4 is 5.73 Å². The number of nitrogens with two attached hydrogens (primary N) is 1. The molecule has 0 aliphatic rings. The van der Waals surface area contributed by atoms with Crippen molar-refractivity contribution in [3.05, 3.63) is 17.2 Å². The van der Waals surface area contributed by atoms with Crippen molar-refractivity contribution in [1.82, 2.24) is 14.5 Å². The normalized spacial score (nSPS) is 10.6. The maximum absolute atomic E-state index is 7.12. The summed E-state index contributed by atoms with van der Waals surface area (Å²) in [4.78, 5) is 12.9. The molecule has 2 aromatic rings. The van der Waals surface area contributed by atoms with Gasteiger partial charge in [-0.25, -0.2) is 14.8 Å². The summed E-state index contributed by atoms with van der Waals surface area (Å²) in [5.74, 6) is 1.13. The van der Waals surface area contributed by atoms with Crippen LogP contribution in [0.15, 0.2) is 4.90 Å². The first-order valence-electron chi connectivity index (χ1n) is 4.64. The summed E-state index contributed by atoms with van der Waals surface area (Å²) in [6.45, 7) is 9.02. The molecule has 0 atom stereocenters. The Kier molecular flexibility index (Phi) is 2.48. The molecule has 2 rings (SSSR count). The molecule has 82 valence electrons. The SMILES string of the molecule is [C-]#[N+]c1c(N)nc2c(nc(C)n2C)c1SC. The van der Waals surface area contributed by atoms with Gasteiger partial charge in [-0.05, 0) is 13.2 Å². The Morgan fingerprint density at radius 2 is 2.12 bits per heavy atom. The smallest absolute Gasteiger partial charge is 0.243 e. The number of pyridine rings is 1. The van der Waals surface area contributed by atoms with Gasteiger partial charge >= 0.3 is 0 Å². The standard InChI is InChI=1S/C10H11N5S/c1-5-13-7-8(16-4)6(12-2)9(11)14-10(7)15(5)3/h1,3-4H3,(H2,11,14). The Balaban J connectivity index is 2.97. The fourth-order valence-corrected chi connectivity index (χ4v) is 2.25. The number of nitrogens with zero attached hydrogens (tertiary/aromatic N) is 4. The van der Waals surface area contributed by atoms with Crippen molar-refractivity contribution in [2.45, 2.75) is 11.8 Å². The lowest BCUT2D eigenvalue weighted by Gasteiger charge is -2.04. The molecule has 2 N–H and O–H groups in total. The summed E-state index contributed by atoms with van der Waals surface area (Å²) < 4.78 is 1.87. The summed E-state index contributed by atoms with van der Waals surface area (Å²) in [6.07, 6.45) is 1.91. The fourth-order valence-electron chi connectivity index (χ4n) is 1.58. The highest BCUT2D eigenvalue weighted by Gasteiger charge is 2.17. The third-order valence-electron chi connectivity index (χ3n) is 2.50. The molecule has 0 saturated carbocycles. The van der Waals surface area contributed by atoms with Gasteiger partial charge in [0.25, 0.3) is 0 Å². The van der Waals surface area contributed by atoms with Gasteiger partial charge in [0.2, 0.25) is 5.69 Å². The summed E-state index contributed by atoms with van der Waals surface area (Å²) in [6, 6.07) is 0. The minimum Gasteiger partial charge on any atom is -0.392 e. The van der Waals surface area contributed by atoms with Gasteiger partial charge in [0, 0.05) is 11.9 Å². The molecule has 0 aromatic carbocycles. The van der Waals surface area contributed by atoms with Crippen LogP contribution in [0.2, 0.25) is 0 Å². The Morgan fingerprint density at radius 3 is 2.69 bits per heavy atom. The minimum atomic E-state index is 0.273. The van der Waals surface area contributed by atoms with Gasteiger partial charge in [0.05, 0.1) is 6.57 Å². The van der Waals surface area contributed by atoms with Gasteiger partial charge in [-0.3, -0.25) is 0 Å². The number of hydrogen-bond acceptors (Lipinski definition) is 4. The Morgan fingerprint density at radius 1 is 1.44 bits per heavy atom. The number of hydrogen-bond donors (Lipinski definition) is 1. The molecule has 0 aliphatic heterocycles. The van der Waals surface area contributed by atoms with E-state index in [0.717, 1.165) is 21.9 Å². The fraction of sp³-hybridized carbons (Fsp3) is 0.300. The largest absolute Gasteiger partial charge is 0.392 e. The first kappa shape index (κ1) is 10.8.